The zero-order valence-corrected chi connectivity index (χ0v) is 12.1. The number of likely N-dealkylation sites (N-methyl/N-ethyl adjacent to an activating group) is 1. The fourth-order valence-corrected chi connectivity index (χ4v) is 2.31. The minimum atomic E-state index is -0.0462. The van der Waals surface area contributed by atoms with Crippen LogP contribution in [0.25, 0.3) is 0 Å². The Balaban J connectivity index is 2.11. The van der Waals surface area contributed by atoms with Gasteiger partial charge in [0, 0.05) is 25.4 Å². The minimum absolute atomic E-state index is 0.0462. The van der Waals surface area contributed by atoms with Gasteiger partial charge in [-0.2, -0.15) is 0 Å². The third-order valence-corrected chi connectivity index (χ3v) is 3.47. The lowest BCUT2D eigenvalue weighted by Gasteiger charge is -2.20. The molecule has 2 rings (SSSR count). The maximum atomic E-state index is 7.50. The molecule has 0 fully saturated rings. The van der Waals surface area contributed by atoms with E-state index < -0.39 is 0 Å². The first-order chi connectivity index (χ1) is 9.59. The summed E-state index contributed by atoms with van der Waals surface area (Å²) in [7, 11) is 1.93. The third kappa shape index (κ3) is 3.27. The molecule has 1 heterocycles. The number of nitrogens with one attached hydrogen (secondary N) is 1. The second-order valence-electron chi connectivity index (χ2n) is 4.57. The fourth-order valence-electron chi connectivity index (χ4n) is 1.95. The van der Waals surface area contributed by atoms with Crippen molar-refractivity contribution in [3.63, 3.8) is 0 Å². The molecular formula is C15H17ClN4. The smallest absolute Gasteiger partial charge is 0.147 e. The second kappa shape index (κ2) is 6.39. The molecule has 0 amide bonds. The lowest BCUT2D eigenvalue weighted by Crippen LogP contribution is -2.23. The predicted molar refractivity (Wildman–Crippen MR) is 83.7 cm³/mol. The summed E-state index contributed by atoms with van der Waals surface area (Å²) in [4.78, 5) is 6.25. The standard InChI is InChI=1S/C15H17ClN4/c1-20(10-8-11-5-3-2-4-6-11)15-13(16)12(14(17)18)7-9-19-15/h2-7,9H,8,10H2,1H3,(H3,17,18). The molecule has 0 aliphatic heterocycles. The molecule has 4 nitrogen and oxygen atoms in total. The summed E-state index contributed by atoms with van der Waals surface area (Å²) in [6.45, 7) is 0.790. The average Bonchev–Trinajstić information content (AvgIpc) is 2.46. The van der Waals surface area contributed by atoms with E-state index in [0.717, 1.165) is 13.0 Å². The Labute approximate surface area is 123 Å². The summed E-state index contributed by atoms with van der Waals surface area (Å²) >= 11 is 6.26. The number of halogens is 1. The minimum Gasteiger partial charge on any atom is -0.384 e. The van der Waals surface area contributed by atoms with Gasteiger partial charge in [-0.15, -0.1) is 0 Å². The molecule has 104 valence electrons. The second-order valence-corrected chi connectivity index (χ2v) is 4.94. The molecule has 3 N–H and O–H groups in total. The van der Waals surface area contributed by atoms with Crippen molar-refractivity contribution in [3.8, 4) is 0 Å². The van der Waals surface area contributed by atoms with Crippen LogP contribution in [0.2, 0.25) is 5.02 Å². The Bertz CT molecular complexity index is 598. The molecule has 0 radical (unpaired) electrons. The van der Waals surface area contributed by atoms with Gasteiger partial charge in [0.15, 0.2) is 0 Å². The highest BCUT2D eigenvalue weighted by Gasteiger charge is 2.13. The largest absolute Gasteiger partial charge is 0.384 e. The molecule has 0 spiro atoms. The van der Waals surface area contributed by atoms with E-state index in [1.807, 2.05) is 30.1 Å². The van der Waals surface area contributed by atoms with Crippen molar-refractivity contribution in [1.82, 2.24) is 4.98 Å². The van der Waals surface area contributed by atoms with Crippen LogP contribution < -0.4 is 10.6 Å². The summed E-state index contributed by atoms with van der Waals surface area (Å²) in [6, 6.07) is 11.9. The zero-order valence-electron chi connectivity index (χ0n) is 11.3. The molecule has 1 aromatic carbocycles. The molecule has 0 bridgehead atoms. The molecule has 0 saturated heterocycles. The molecule has 20 heavy (non-hydrogen) atoms. The van der Waals surface area contributed by atoms with Crippen LogP contribution in [0.3, 0.4) is 0 Å². The number of nitrogens with two attached hydrogens (primary N) is 1. The first-order valence-corrected chi connectivity index (χ1v) is 6.71. The first-order valence-electron chi connectivity index (χ1n) is 6.33. The van der Waals surface area contributed by atoms with Crippen LogP contribution in [-0.4, -0.2) is 24.4 Å². The topological polar surface area (TPSA) is 66.0 Å². The SMILES string of the molecule is CN(CCc1ccccc1)c1nccc(C(=N)N)c1Cl. The van der Waals surface area contributed by atoms with E-state index in [-0.39, 0.29) is 5.84 Å². The van der Waals surface area contributed by atoms with Crippen LogP contribution in [0.4, 0.5) is 5.82 Å². The van der Waals surface area contributed by atoms with Crippen molar-refractivity contribution < 1.29 is 0 Å². The Morgan fingerprint density at radius 3 is 2.65 bits per heavy atom. The summed E-state index contributed by atoms with van der Waals surface area (Å²) in [6.07, 6.45) is 2.52. The van der Waals surface area contributed by atoms with Crippen molar-refractivity contribution in [2.45, 2.75) is 6.42 Å². The monoisotopic (exact) mass is 288 g/mol. The van der Waals surface area contributed by atoms with Gasteiger partial charge in [-0.1, -0.05) is 41.9 Å². The molecule has 1 aromatic heterocycles. The Morgan fingerprint density at radius 1 is 1.30 bits per heavy atom. The quantitative estimate of drug-likeness (QED) is 0.657. The predicted octanol–water partition coefficient (Wildman–Crippen LogP) is 2.70. The molecule has 5 heteroatoms. The Hall–Kier alpha value is -2.07. The van der Waals surface area contributed by atoms with Crippen LogP contribution in [-0.2, 0) is 6.42 Å². The number of rotatable bonds is 5. The summed E-state index contributed by atoms with van der Waals surface area (Å²) in [5.41, 5.74) is 7.28. The van der Waals surface area contributed by atoms with Crippen molar-refractivity contribution >= 4 is 23.3 Å². The van der Waals surface area contributed by atoms with Crippen LogP contribution in [0.15, 0.2) is 42.6 Å². The highest BCUT2D eigenvalue weighted by molar-refractivity contribution is 6.36. The molecule has 0 aliphatic carbocycles. The maximum absolute atomic E-state index is 7.50. The summed E-state index contributed by atoms with van der Waals surface area (Å²) in [5.74, 6) is 0.602. The lowest BCUT2D eigenvalue weighted by molar-refractivity contribution is 0.860. The average molecular weight is 289 g/mol. The van der Waals surface area contributed by atoms with Gasteiger partial charge >= 0.3 is 0 Å². The first kappa shape index (κ1) is 14.3. The lowest BCUT2D eigenvalue weighted by atomic mass is 10.1. The zero-order chi connectivity index (χ0) is 14.5. The Morgan fingerprint density at radius 2 is 2.00 bits per heavy atom. The molecule has 0 atom stereocenters. The van der Waals surface area contributed by atoms with Crippen LogP contribution >= 0.6 is 11.6 Å². The maximum Gasteiger partial charge on any atom is 0.147 e. The third-order valence-electron chi connectivity index (χ3n) is 3.10. The number of pyridine rings is 1. The van der Waals surface area contributed by atoms with Gasteiger partial charge in [0.2, 0.25) is 0 Å². The highest BCUT2D eigenvalue weighted by Crippen LogP contribution is 2.25. The van der Waals surface area contributed by atoms with Crippen LogP contribution in [0.1, 0.15) is 11.1 Å². The van der Waals surface area contributed by atoms with Crippen molar-refractivity contribution in [1.29, 1.82) is 5.41 Å². The summed E-state index contributed by atoms with van der Waals surface area (Å²) in [5, 5.41) is 7.92. The van der Waals surface area contributed by atoms with Crippen LogP contribution in [0.5, 0.6) is 0 Å². The van der Waals surface area contributed by atoms with Gasteiger partial charge in [-0.05, 0) is 18.1 Å². The number of amidine groups is 1. The number of aromatic nitrogens is 1. The Kier molecular flexibility index (Phi) is 4.58. The highest BCUT2D eigenvalue weighted by atomic mass is 35.5. The number of benzene rings is 1. The van der Waals surface area contributed by atoms with Gasteiger partial charge in [-0.3, -0.25) is 5.41 Å². The van der Waals surface area contributed by atoms with Gasteiger partial charge in [-0.25, -0.2) is 4.98 Å². The molecular weight excluding hydrogens is 272 g/mol. The number of anilines is 1. The van der Waals surface area contributed by atoms with Gasteiger partial charge < -0.3 is 10.6 Å². The van der Waals surface area contributed by atoms with Gasteiger partial charge in [0.05, 0.1) is 5.02 Å². The van der Waals surface area contributed by atoms with E-state index in [1.165, 1.54) is 5.56 Å². The van der Waals surface area contributed by atoms with Gasteiger partial charge in [0.1, 0.15) is 11.7 Å². The normalized spacial score (nSPS) is 10.3. The van der Waals surface area contributed by atoms with Crippen LogP contribution in [0, 0.1) is 5.41 Å². The van der Waals surface area contributed by atoms with Crippen molar-refractivity contribution in [2.75, 3.05) is 18.5 Å². The van der Waals surface area contributed by atoms with E-state index in [0.29, 0.717) is 16.4 Å². The van der Waals surface area contributed by atoms with Crippen molar-refractivity contribution in [3.05, 3.63) is 58.7 Å². The van der Waals surface area contributed by atoms with E-state index in [9.17, 15) is 0 Å². The number of nitrogen functional groups attached to an aromatic ring is 1. The fraction of sp³-hybridized carbons (Fsp3) is 0.200. The van der Waals surface area contributed by atoms with E-state index in [4.69, 9.17) is 22.7 Å². The number of nitrogens with zero attached hydrogens (tertiary/aromatic N) is 2. The van der Waals surface area contributed by atoms with Gasteiger partial charge in [0.25, 0.3) is 0 Å². The number of hydrogen-bond acceptors (Lipinski definition) is 3. The van der Waals surface area contributed by atoms with Crippen molar-refractivity contribution in [2.24, 2.45) is 5.73 Å². The van der Waals surface area contributed by atoms with E-state index in [2.05, 4.69) is 17.1 Å². The molecule has 0 aliphatic rings. The number of hydrogen-bond donors (Lipinski definition) is 2. The molecule has 0 saturated carbocycles. The summed E-state index contributed by atoms with van der Waals surface area (Å²) < 4.78 is 0. The van der Waals surface area contributed by atoms with E-state index in [1.54, 1.807) is 12.3 Å². The molecule has 2 aromatic rings. The molecule has 0 unspecified atom stereocenters. The van der Waals surface area contributed by atoms with E-state index >= 15 is 0 Å².